The van der Waals surface area contributed by atoms with Crippen LogP contribution in [0.5, 0.6) is 0 Å². The lowest BCUT2D eigenvalue weighted by atomic mass is 9.81. The predicted octanol–water partition coefficient (Wildman–Crippen LogP) is 4.18. The Morgan fingerprint density at radius 2 is 1.84 bits per heavy atom. The molecule has 4 atom stereocenters. The highest BCUT2D eigenvalue weighted by molar-refractivity contribution is 6.30. The molecule has 2 aromatic rings. The monoisotopic (exact) mass is 357 g/mol. The van der Waals surface area contributed by atoms with Crippen LogP contribution in [0.15, 0.2) is 54.6 Å². The van der Waals surface area contributed by atoms with Crippen molar-refractivity contribution in [1.29, 1.82) is 0 Å². The van der Waals surface area contributed by atoms with Gasteiger partial charge in [-0.2, -0.15) is 5.06 Å². The Bertz CT molecular complexity index is 779. The van der Waals surface area contributed by atoms with Crippen molar-refractivity contribution in [2.24, 2.45) is 11.3 Å². The van der Waals surface area contributed by atoms with E-state index in [1.54, 1.807) is 0 Å². The first-order chi connectivity index (χ1) is 12.1. The molecule has 1 saturated carbocycles. The molecule has 0 N–H and O–H groups in total. The summed E-state index contributed by atoms with van der Waals surface area (Å²) in [6.07, 6.45) is 0.570. The Balaban J connectivity index is 1.78. The van der Waals surface area contributed by atoms with Gasteiger partial charge in [-0.05, 0) is 29.7 Å². The third-order valence-corrected chi connectivity index (χ3v) is 5.70. The summed E-state index contributed by atoms with van der Waals surface area (Å²) in [5, 5.41) is 2.57. The molecule has 0 radical (unpaired) electrons. The number of hydrogen-bond donors (Lipinski definition) is 0. The molecule has 1 aliphatic heterocycles. The summed E-state index contributed by atoms with van der Waals surface area (Å²) in [4.78, 5) is 18.6. The lowest BCUT2D eigenvalue weighted by molar-refractivity contribution is -0.148. The number of carbonyl (C=O) groups excluding carboxylic acids is 1. The van der Waals surface area contributed by atoms with Gasteiger partial charge < -0.3 is 4.74 Å². The van der Waals surface area contributed by atoms with Crippen LogP contribution < -0.4 is 0 Å². The number of methoxy groups -OCH3 is 1. The molecule has 5 heteroatoms. The maximum absolute atomic E-state index is 12.3. The molecule has 0 aromatic heterocycles. The topological polar surface area (TPSA) is 38.8 Å². The highest BCUT2D eigenvalue weighted by atomic mass is 35.5. The van der Waals surface area contributed by atoms with Gasteiger partial charge in [0, 0.05) is 17.5 Å². The molecule has 0 amide bonds. The van der Waals surface area contributed by atoms with Crippen LogP contribution in [0.25, 0.3) is 0 Å². The Morgan fingerprint density at radius 3 is 2.48 bits per heavy atom. The molecule has 1 heterocycles. The van der Waals surface area contributed by atoms with E-state index in [4.69, 9.17) is 21.2 Å². The number of hydrogen-bond acceptors (Lipinski definition) is 4. The quantitative estimate of drug-likeness (QED) is 0.772. The van der Waals surface area contributed by atoms with Crippen molar-refractivity contribution < 1.29 is 14.4 Å². The van der Waals surface area contributed by atoms with Gasteiger partial charge in [-0.3, -0.25) is 9.63 Å². The Kier molecular flexibility index (Phi) is 4.07. The third kappa shape index (κ3) is 2.56. The van der Waals surface area contributed by atoms with Crippen molar-refractivity contribution in [3.8, 4) is 0 Å². The molecule has 1 aliphatic carbocycles. The second-order valence-electron chi connectivity index (χ2n) is 6.79. The van der Waals surface area contributed by atoms with Gasteiger partial charge in [0.05, 0.1) is 19.1 Å². The van der Waals surface area contributed by atoms with E-state index in [-0.39, 0.29) is 29.4 Å². The van der Waals surface area contributed by atoms with Crippen molar-refractivity contribution in [2.75, 3.05) is 14.2 Å². The van der Waals surface area contributed by atoms with Gasteiger partial charge in [0.15, 0.2) is 0 Å². The summed E-state index contributed by atoms with van der Waals surface area (Å²) in [6.45, 7) is 0. The third-order valence-electron chi connectivity index (χ3n) is 5.45. The number of nitrogens with zero attached hydrogens (tertiary/aromatic N) is 1. The van der Waals surface area contributed by atoms with Crippen LogP contribution >= 0.6 is 11.6 Å². The molecule has 4 nitrogen and oxygen atoms in total. The van der Waals surface area contributed by atoms with Crippen molar-refractivity contribution >= 4 is 17.6 Å². The van der Waals surface area contributed by atoms with Crippen molar-refractivity contribution in [1.82, 2.24) is 5.06 Å². The van der Waals surface area contributed by atoms with Crippen LogP contribution in [0.2, 0.25) is 5.02 Å². The van der Waals surface area contributed by atoms with Crippen LogP contribution in [0, 0.1) is 11.3 Å². The second kappa shape index (κ2) is 6.13. The van der Waals surface area contributed by atoms with Crippen LogP contribution in [-0.2, 0) is 14.4 Å². The number of carbonyl (C=O) groups is 1. The lowest BCUT2D eigenvalue weighted by Crippen LogP contribution is -2.25. The van der Waals surface area contributed by atoms with Crippen molar-refractivity contribution in [2.45, 2.75) is 18.6 Å². The van der Waals surface area contributed by atoms with Gasteiger partial charge in [-0.25, -0.2) is 0 Å². The molecule has 0 bridgehead atoms. The molecular weight excluding hydrogens is 338 g/mol. The number of rotatable bonds is 3. The summed E-state index contributed by atoms with van der Waals surface area (Å²) in [6, 6.07) is 17.8. The first-order valence-electron chi connectivity index (χ1n) is 8.36. The van der Waals surface area contributed by atoms with Gasteiger partial charge in [-0.1, -0.05) is 54.1 Å². The van der Waals surface area contributed by atoms with Crippen LogP contribution in [0.3, 0.4) is 0 Å². The van der Waals surface area contributed by atoms with Gasteiger partial charge in [0.2, 0.25) is 0 Å². The van der Waals surface area contributed by atoms with Crippen molar-refractivity contribution in [3.63, 3.8) is 0 Å². The summed E-state index contributed by atoms with van der Waals surface area (Å²) in [5.74, 6) is -0.341. The van der Waals surface area contributed by atoms with Gasteiger partial charge in [0.25, 0.3) is 0 Å². The number of ether oxygens (including phenoxy) is 1. The maximum Gasteiger partial charge on any atom is 0.309 e. The standard InChI is InChI=1S/C20H20ClNO3/c1-22-17(13-8-10-15(21)11-9-13)20(12-16(20)19(23)24-2)18(25-22)14-6-4-3-5-7-14/h3-11,16-18H,12H2,1-2H3. The molecule has 1 saturated heterocycles. The molecular formula is C20H20ClNO3. The fourth-order valence-electron chi connectivity index (χ4n) is 4.30. The Hall–Kier alpha value is -1.88. The molecule has 1 spiro atoms. The minimum absolute atomic E-state index is 0.0286. The van der Waals surface area contributed by atoms with E-state index in [0.717, 1.165) is 17.5 Å². The van der Waals surface area contributed by atoms with E-state index in [2.05, 4.69) is 12.1 Å². The van der Waals surface area contributed by atoms with Gasteiger partial charge in [0.1, 0.15) is 6.10 Å². The maximum atomic E-state index is 12.3. The summed E-state index contributed by atoms with van der Waals surface area (Å²) >= 11 is 6.05. The first-order valence-corrected chi connectivity index (χ1v) is 8.73. The van der Waals surface area contributed by atoms with E-state index in [9.17, 15) is 4.79 Å². The molecule has 2 fully saturated rings. The van der Waals surface area contributed by atoms with E-state index in [1.165, 1.54) is 7.11 Å². The Morgan fingerprint density at radius 1 is 1.16 bits per heavy atom. The van der Waals surface area contributed by atoms with E-state index >= 15 is 0 Å². The SMILES string of the molecule is COC(=O)C1CC12C(c1ccccc1)ON(C)C2c1ccc(Cl)cc1. The van der Waals surface area contributed by atoms with E-state index in [0.29, 0.717) is 5.02 Å². The largest absolute Gasteiger partial charge is 0.469 e. The molecule has 25 heavy (non-hydrogen) atoms. The first kappa shape index (κ1) is 16.6. The van der Waals surface area contributed by atoms with Gasteiger partial charge in [-0.15, -0.1) is 0 Å². The summed E-state index contributed by atoms with van der Waals surface area (Å²) in [7, 11) is 3.37. The van der Waals surface area contributed by atoms with Gasteiger partial charge >= 0.3 is 5.97 Å². The van der Waals surface area contributed by atoms with E-state index < -0.39 is 0 Å². The molecule has 4 unspecified atom stereocenters. The van der Waals surface area contributed by atoms with Crippen LogP contribution in [0.4, 0.5) is 0 Å². The zero-order valence-corrected chi connectivity index (χ0v) is 14.9. The predicted molar refractivity (Wildman–Crippen MR) is 94.8 cm³/mol. The molecule has 2 aliphatic rings. The minimum Gasteiger partial charge on any atom is -0.469 e. The van der Waals surface area contributed by atoms with Crippen LogP contribution in [-0.4, -0.2) is 25.2 Å². The fourth-order valence-corrected chi connectivity index (χ4v) is 4.43. The highest BCUT2D eigenvalue weighted by Crippen LogP contribution is 2.72. The number of esters is 1. The van der Waals surface area contributed by atoms with E-state index in [1.807, 2.05) is 54.6 Å². The minimum atomic E-state index is -0.322. The zero-order chi connectivity index (χ0) is 17.6. The summed E-state index contributed by atoms with van der Waals surface area (Å²) < 4.78 is 5.05. The van der Waals surface area contributed by atoms with Crippen molar-refractivity contribution in [3.05, 3.63) is 70.7 Å². The number of halogens is 1. The average molecular weight is 358 g/mol. The normalized spacial score (nSPS) is 31.2. The highest BCUT2D eigenvalue weighted by Gasteiger charge is 2.72. The number of hydroxylamine groups is 2. The molecule has 130 valence electrons. The molecule has 4 rings (SSSR count). The Labute approximate surface area is 152 Å². The fraction of sp³-hybridized carbons (Fsp3) is 0.350. The second-order valence-corrected chi connectivity index (χ2v) is 7.23. The lowest BCUT2D eigenvalue weighted by Gasteiger charge is -2.24. The smallest absolute Gasteiger partial charge is 0.309 e. The average Bonchev–Trinajstić information content (AvgIpc) is 3.29. The zero-order valence-electron chi connectivity index (χ0n) is 14.2. The summed E-state index contributed by atoms with van der Waals surface area (Å²) in [5.41, 5.74) is 1.85. The molecule has 2 aromatic carbocycles. The number of benzene rings is 2. The van der Waals surface area contributed by atoms with Crippen LogP contribution in [0.1, 0.15) is 29.7 Å².